The van der Waals surface area contributed by atoms with Gasteiger partial charge in [-0.2, -0.15) is 5.10 Å². The molecule has 0 radical (unpaired) electrons. The summed E-state index contributed by atoms with van der Waals surface area (Å²) >= 11 is 5.81. The van der Waals surface area contributed by atoms with Crippen molar-refractivity contribution in [3.05, 3.63) is 88.9 Å². The first-order valence-corrected chi connectivity index (χ1v) is 10.3. The molecule has 0 aliphatic heterocycles. The summed E-state index contributed by atoms with van der Waals surface area (Å²) in [5.41, 5.74) is 3.59. The van der Waals surface area contributed by atoms with Crippen molar-refractivity contribution in [3.63, 3.8) is 0 Å². The van der Waals surface area contributed by atoms with Crippen molar-refractivity contribution < 1.29 is 23.9 Å². The smallest absolute Gasteiger partial charge is 0.343 e. The van der Waals surface area contributed by atoms with Gasteiger partial charge >= 0.3 is 17.8 Å². The summed E-state index contributed by atoms with van der Waals surface area (Å²) in [6.45, 7) is 2.40. The Bertz CT molecular complexity index is 1140. The highest BCUT2D eigenvalue weighted by Gasteiger charge is 2.13. The Balaban J connectivity index is 1.48. The maximum Gasteiger partial charge on any atom is 0.343 e. The van der Waals surface area contributed by atoms with Gasteiger partial charge < -0.3 is 14.8 Å². The van der Waals surface area contributed by atoms with Gasteiger partial charge in [-0.3, -0.25) is 9.59 Å². The van der Waals surface area contributed by atoms with Gasteiger partial charge in [-0.1, -0.05) is 11.6 Å². The summed E-state index contributed by atoms with van der Waals surface area (Å²) < 4.78 is 10.6. The first kappa shape index (κ1) is 23.5. The average Bonchev–Trinajstić information content (AvgIpc) is 2.82. The Morgan fingerprint density at radius 3 is 2.15 bits per heavy atom. The van der Waals surface area contributed by atoms with Gasteiger partial charge in [0.2, 0.25) is 0 Å². The lowest BCUT2D eigenvalue weighted by molar-refractivity contribution is -0.136. The van der Waals surface area contributed by atoms with Gasteiger partial charge in [0.1, 0.15) is 11.5 Å². The van der Waals surface area contributed by atoms with E-state index in [0.717, 1.165) is 0 Å². The topological polar surface area (TPSA) is 106 Å². The highest BCUT2D eigenvalue weighted by molar-refractivity contribution is 6.39. The highest BCUT2D eigenvalue weighted by Crippen LogP contribution is 2.16. The minimum atomic E-state index is -0.923. The molecule has 3 rings (SSSR count). The van der Waals surface area contributed by atoms with Crippen LogP contribution in [0.1, 0.15) is 22.8 Å². The molecule has 168 valence electrons. The van der Waals surface area contributed by atoms with E-state index in [9.17, 15) is 14.4 Å². The quantitative estimate of drug-likeness (QED) is 0.180. The molecule has 0 saturated carbocycles. The Labute approximate surface area is 195 Å². The van der Waals surface area contributed by atoms with Gasteiger partial charge in [0.15, 0.2) is 0 Å². The summed E-state index contributed by atoms with van der Waals surface area (Å²) in [5.74, 6) is -1.30. The zero-order valence-electron chi connectivity index (χ0n) is 17.6. The normalized spacial score (nSPS) is 10.5. The van der Waals surface area contributed by atoms with Crippen LogP contribution in [0.15, 0.2) is 77.9 Å². The number of esters is 1. The standard InChI is InChI=1S/C24H20ClN3O5/c1-2-32-20-13-9-19(10-14-20)27-22(29)23(30)28-26-15-16-3-11-21(12-4-16)33-24(31)17-5-7-18(25)8-6-17/h3-15H,2H2,1H3,(H,27,29)(H,28,30)/b26-15+. The van der Waals surface area contributed by atoms with Gasteiger partial charge in [-0.05, 0) is 85.3 Å². The molecule has 2 amide bonds. The molecule has 2 N–H and O–H groups in total. The van der Waals surface area contributed by atoms with Crippen LogP contribution in [0.5, 0.6) is 11.5 Å². The maximum atomic E-state index is 12.1. The van der Waals surface area contributed by atoms with E-state index in [1.165, 1.54) is 6.21 Å². The lowest BCUT2D eigenvalue weighted by Crippen LogP contribution is -2.32. The number of ether oxygens (including phenoxy) is 2. The molecule has 3 aromatic carbocycles. The Hall–Kier alpha value is -4.17. The largest absolute Gasteiger partial charge is 0.494 e. The van der Waals surface area contributed by atoms with Crippen LogP contribution in [0.25, 0.3) is 0 Å². The van der Waals surface area contributed by atoms with Gasteiger partial charge in [0.05, 0.1) is 18.4 Å². The second-order valence-electron chi connectivity index (χ2n) is 6.58. The average molecular weight is 466 g/mol. The fourth-order valence-electron chi connectivity index (χ4n) is 2.58. The molecular formula is C24H20ClN3O5. The first-order valence-electron chi connectivity index (χ1n) is 9.89. The van der Waals surface area contributed by atoms with Crippen LogP contribution >= 0.6 is 11.6 Å². The first-order chi connectivity index (χ1) is 15.9. The second kappa shape index (κ2) is 11.4. The monoisotopic (exact) mass is 465 g/mol. The van der Waals surface area contributed by atoms with E-state index in [1.54, 1.807) is 72.8 Å². The molecule has 0 spiro atoms. The summed E-state index contributed by atoms with van der Waals surface area (Å²) in [4.78, 5) is 36.0. The van der Waals surface area contributed by atoms with Crippen LogP contribution in [0.2, 0.25) is 5.02 Å². The van der Waals surface area contributed by atoms with E-state index >= 15 is 0 Å². The molecule has 9 heteroatoms. The van der Waals surface area contributed by atoms with Crippen molar-refractivity contribution in [1.29, 1.82) is 0 Å². The lowest BCUT2D eigenvalue weighted by atomic mass is 10.2. The molecule has 0 aliphatic rings. The number of nitrogens with zero attached hydrogens (tertiary/aromatic N) is 1. The summed E-state index contributed by atoms with van der Waals surface area (Å²) in [5, 5.41) is 6.75. The third-order valence-electron chi connectivity index (χ3n) is 4.18. The molecule has 0 bridgehead atoms. The molecule has 0 atom stereocenters. The van der Waals surface area contributed by atoms with E-state index in [-0.39, 0.29) is 0 Å². The highest BCUT2D eigenvalue weighted by atomic mass is 35.5. The number of benzene rings is 3. The van der Waals surface area contributed by atoms with Crippen LogP contribution in [-0.2, 0) is 9.59 Å². The van der Waals surface area contributed by atoms with Crippen LogP contribution < -0.4 is 20.2 Å². The van der Waals surface area contributed by atoms with E-state index in [4.69, 9.17) is 21.1 Å². The minimum Gasteiger partial charge on any atom is -0.494 e. The molecule has 33 heavy (non-hydrogen) atoms. The van der Waals surface area contributed by atoms with Crippen molar-refractivity contribution in [2.45, 2.75) is 6.92 Å². The van der Waals surface area contributed by atoms with E-state index in [1.807, 2.05) is 6.92 Å². The number of amides is 2. The molecule has 0 unspecified atom stereocenters. The fourth-order valence-corrected chi connectivity index (χ4v) is 2.71. The van der Waals surface area contributed by atoms with Crippen LogP contribution in [0, 0.1) is 0 Å². The third kappa shape index (κ3) is 7.19. The second-order valence-corrected chi connectivity index (χ2v) is 7.01. The molecule has 3 aromatic rings. The zero-order valence-corrected chi connectivity index (χ0v) is 18.3. The van der Waals surface area contributed by atoms with Crippen LogP contribution in [0.3, 0.4) is 0 Å². The van der Waals surface area contributed by atoms with Crippen LogP contribution in [-0.4, -0.2) is 30.6 Å². The molecule has 0 aromatic heterocycles. The minimum absolute atomic E-state index is 0.339. The summed E-state index contributed by atoms with van der Waals surface area (Å²) in [7, 11) is 0. The number of carbonyl (C=O) groups excluding carboxylic acids is 3. The summed E-state index contributed by atoms with van der Waals surface area (Å²) in [6, 6.07) is 19.4. The van der Waals surface area contributed by atoms with Gasteiger partial charge in [-0.15, -0.1) is 0 Å². The lowest BCUT2D eigenvalue weighted by Gasteiger charge is -2.06. The van der Waals surface area contributed by atoms with Gasteiger partial charge in [-0.25, -0.2) is 10.2 Å². The van der Waals surface area contributed by atoms with E-state index in [0.29, 0.717) is 39.9 Å². The molecule has 0 aliphatic carbocycles. The van der Waals surface area contributed by atoms with Gasteiger partial charge in [0, 0.05) is 10.7 Å². The number of hydrogen-bond donors (Lipinski definition) is 2. The van der Waals surface area contributed by atoms with Crippen molar-refractivity contribution in [2.75, 3.05) is 11.9 Å². The van der Waals surface area contributed by atoms with E-state index < -0.39 is 17.8 Å². The number of hydrazone groups is 1. The molecule has 0 fully saturated rings. The SMILES string of the molecule is CCOc1ccc(NC(=O)C(=O)N/N=C/c2ccc(OC(=O)c3ccc(Cl)cc3)cc2)cc1. The predicted octanol–water partition coefficient (Wildman–Crippen LogP) is 4.05. The van der Waals surface area contributed by atoms with Crippen molar-refractivity contribution in [1.82, 2.24) is 5.43 Å². The molecule has 0 saturated heterocycles. The van der Waals surface area contributed by atoms with Gasteiger partial charge in [0.25, 0.3) is 0 Å². The fraction of sp³-hybridized carbons (Fsp3) is 0.0833. The molecule has 8 nitrogen and oxygen atoms in total. The summed E-state index contributed by atoms with van der Waals surface area (Å²) in [6.07, 6.45) is 1.35. The predicted molar refractivity (Wildman–Crippen MR) is 125 cm³/mol. The Kier molecular flexibility index (Phi) is 8.15. The van der Waals surface area contributed by atoms with Crippen molar-refractivity contribution in [2.24, 2.45) is 5.10 Å². The maximum absolute atomic E-state index is 12.1. The Morgan fingerprint density at radius 1 is 0.879 bits per heavy atom. The van der Waals surface area contributed by atoms with E-state index in [2.05, 4.69) is 15.8 Å². The van der Waals surface area contributed by atoms with Crippen LogP contribution in [0.4, 0.5) is 5.69 Å². The number of nitrogens with one attached hydrogen (secondary N) is 2. The third-order valence-corrected chi connectivity index (χ3v) is 4.43. The number of anilines is 1. The molecule has 0 heterocycles. The van der Waals surface area contributed by atoms with Crippen molar-refractivity contribution >= 4 is 41.3 Å². The Morgan fingerprint density at radius 2 is 1.52 bits per heavy atom. The number of halogens is 1. The number of hydrogen-bond acceptors (Lipinski definition) is 6. The number of rotatable bonds is 7. The molecular weight excluding hydrogens is 446 g/mol. The number of carbonyl (C=O) groups is 3. The van der Waals surface area contributed by atoms with Crippen molar-refractivity contribution in [3.8, 4) is 11.5 Å². The zero-order chi connectivity index (χ0) is 23.6.